The third kappa shape index (κ3) is 2.10. The van der Waals surface area contributed by atoms with Crippen LogP contribution in [0.25, 0.3) is 0 Å². The van der Waals surface area contributed by atoms with Crippen LogP contribution in [0.2, 0.25) is 0 Å². The molecule has 0 aromatic carbocycles. The summed E-state index contributed by atoms with van der Waals surface area (Å²) < 4.78 is 0. The van der Waals surface area contributed by atoms with Crippen LogP contribution in [0.5, 0.6) is 0 Å². The summed E-state index contributed by atoms with van der Waals surface area (Å²) in [6, 6.07) is 0. The quantitative estimate of drug-likeness (QED) is 0.599. The third-order valence-corrected chi connectivity index (χ3v) is 4.54. The molecule has 0 spiro atoms. The molecule has 0 radical (unpaired) electrons. The van der Waals surface area contributed by atoms with Gasteiger partial charge in [-0.05, 0) is 24.8 Å². The summed E-state index contributed by atoms with van der Waals surface area (Å²) in [5.41, 5.74) is 16.9. The van der Waals surface area contributed by atoms with Crippen molar-refractivity contribution in [2.75, 3.05) is 6.54 Å². The van der Waals surface area contributed by atoms with Crippen molar-refractivity contribution in [3.63, 3.8) is 0 Å². The van der Waals surface area contributed by atoms with Gasteiger partial charge in [-0.15, -0.1) is 0 Å². The van der Waals surface area contributed by atoms with E-state index in [4.69, 9.17) is 17.2 Å². The van der Waals surface area contributed by atoms with Crippen LogP contribution in [0.15, 0.2) is 0 Å². The molecule has 0 heterocycles. The van der Waals surface area contributed by atoms with E-state index in [1.807, 2.05) is 6.92 Å². The summed E-state index contributed by atoms with van der Waals surface area (Å²) in [6.07, 6.45) is 0. The van der Waals surface area contributed by atoms with Gasteiger partial charge in [-0.2, -0.15) is 0 Å². The predicted octanol–water partition coefficient (Wildman–Crippen LogP) is 1.27. The highest BCUT2D eigenvalue weighted by Gasteiger charge is 2.48. The second-order valence-corrected chi connectivity index (χ2v) is 5.77. The molecule has 0 aliphatic rings. The fourth-order valence-electron chi connectivity index (χ4n) is 1.60. The van der Waals surface area contributed by atoms with E-state index in [1.54, 1.807) is 0 Å². The Bertz CT molecular complexity index is 189. The second kappa shape index (κ2) is 3.80. The Morgan fingerprint density at radius 3 is 1.57 bits per heavy atom. The molecule has 1 atom stereocenters. The summed E-state index contributed by atoms with van der Waals surface area (Å²) in [5.74, 6) is 0.393. The lowest BCUT2D eigenvalue weighted by Crippen LogP contribution is -2.64. The first-order chi connectivity index (χ1) is 5.98. The molecule has 1 unspecified atom stereocenters. The largest absolute Gasteiger partial charge is 0.330 e. The average molecular weight is 201 g/mol. The molecule has 3 nitrogen and oxygen atoms in total. The van der Waals surface area contributed by atoms with Crippen molar-refractivity contribution >= 4 is 0 Å². The zero-order chi connectivity index (χ0) is 11.8. The number of hydrogen-bond donors (Lipinski definition) is 3. The van der Waals surface area contributed by atoms with Gasteiger partial charge in [0, 0.05) is 5.41 Å². The Kier molecular flexibility index (Phi) is 3.76. The van der Waals surface area contributed by atoms with Gasteiger partial charge in [0.2, 0.25) is 0 Å². The molecule has 0 aliphatic carbocycles. The van der Waals surface area contributed by atoms with Crippen LogP contribution in [-0.4, -0.2) is 12.2 Å². The van der Waals surface area contributed by atoms with Crippen molar-refractivity contribution in [3.05, 3.63) is 0 Å². The third-order valence-electron chi connectivity index (χ3n) is 4.54. The molecule has 0 saturated carbocycles. The standard InChI is InChI=1S/C11H27N3/c1-8(7-12)9(2,3)10(4,5)11(6,13)14/h8H,7,12-14H2,1-6H3. The molecule has 0 aromatic rings. The highest BCUT2D eigenvalue weighted by atomic mass is 15.0. The second-order valence-electron chi connectivity index (χ2n) is 5.77. The first kappa shape index (κ1) is 13.9. The maximum atomic E-state index is 6.03. The highest BCUT2D eigenvalue weighted by molar-refractivity contribution is 5.00. The minimum atomic E-state index is -0.695. The van der Waals surface area contributed by atoms with E-state index >= 15 is 0 Å². The van der Waals surface area contributed by atoms with E-state index in [2.05, 4.69) is 34.6 Å². The lowest BCUT2D eigenvalue weighted by Gasteiger charge is -2.52. The summed E-state index contributed by atoms with van der Waals surface area (Å²) in [4.78, 5) is 0. The molecule has 0 fully saturated rings. The molecular weight excluding hydrogens is 174 g/mol. The summed E-state index contributed by atoms with van der Waals surface area (Å²) in [5, 5.41) is 0. The average Bonchev–Trinajstić information content (AvgIpc) is 2.00. The Hall–Kier alpha value is -0.120. The number of hydrogen-bond acceptors (Lipinski definition) is 3. The summed E-state index contributed by atoms with van der Waals surface area (Å²) in [6.45, 7) is 13.3. The topological polar surface area (TPSA) is 78.1 Å². The van der Waals surface area contributed by atoms with Crippen molar-refractivity contribution in [1.82, 2.24) is 0 Å². The van der Waals surface area contributed by atoms with E-state index in [-0.39, 0.29) is 10.8 Å². The van der Waals surface area contributed by atoms with Crippen molar-refractivity contribution in [3.8, 4) is 0 Å². The molecule has 14 heavy (non-hydrogen) atoms. The molecule has 0 amide bonds. The maximum absolute atomic E-state index is 6.03. The van der Waals surface area contributed by atoms with Crippen LogP contribution in [0, 0.1) is 16.7 Å². The van der Waals surface area contributed by atoms with Gasteiger partial charge in [0.1, 0.15) is 0 Å². The predicted molar refractivity (Wildman–Crippen MR) is 62.6 cm³/mol. The molecule has 0 bridgehead atoms. The van der Waals surface area contributed by atoms with Crippen molar-refractivity contribution < 1.29 is 0 Å². The van der Waals surface area contributed by atoms with Crippen LogP contribution < -0.4 is 17.2 Å². The minimum absolute atomic E-state index is 0.0139. The van der Waals surface area contributed by atoms with E-state index in [0.29, 0.717) is 12.5 Å². The molecule has 3 heteroatoms. The van der Waals surface area contributed by atoms with Crippen LogP contribution >= 0.6 is 0 Å². The van der Waals surface area contributed by atoms with Gasteiger partial charge in [0.15, 0.2) is 0 Å². The van der Waals surface area contributed by atoms with Gasteiger partial charge >= 0.3 is 0 Å². The van der Waals surface area contributed by atoms with Gasteiger partial charge in [0.25, 0.3) is 0 Å². The van der Waals surface area contributed by atoms with Gasteiger partial charge in [0.05, 0.1) is 5.66 Å². The normalized spacial score (nSPS) is 16.9. The van der Waals surface area contributed by atoms with Crippen LogP contribution in [0.1, 0.15) is 41.5 Å². The summed E-state index contributed by atoms with van der Waals surface area (Å²) >= 11 is 0. The molecule has 0 aliphatic heterocycles. The highest BCUT2D eigenvalue weighted by Crippen LogP contribution is 2.48. The van der Waals surface area contributed by atoms with Gasteiger partial charge in [-0.1, -0.05) is 34.6 Å². The molecule has 0 rings (SSSR count). The Balaban J connectivity index is 5.07. The van der Waals surface area contributed by atoms with Crippen LogP contribution in [0.3, 0.4) is 0 Å². The van der Waals surface area contributed by atoms with E-state index in [1.165, 1.54) is 0 Å². The van der Waals surface area contributed by atoms with E-state index in [9.17, 15) is 0 Å². The Labute approximate surface area is 88.4 Å². The Morgan fingerprint density at radius 2 is 1.36 bits per heavy atom. The fraction of sp³-hybridized carbons (Fsp3) is 1.00. The van der Waals surface area contributed by atoms with Gasteiger partial charge in [-0.25, -0.2) is 0 Å². The summed E-state index contributed by atoms with van der Waals surface area (Å²) in [7, 11) is 0. The lowest BCUT2D eigenvalue weighted by atomic mass is 9.57. The zero-order valence-corrected chi connectivity index (χ0v) is 10.5. The number of nitrogens with two attached hydrogens (primary N) is 3. The first-order valence-electron chi connectivity index (χ1n) is 5.26. The van der Waals surface area contributed by atoms with Crippen molar-refractivity contribution in [2.24, 2.45) is 33.9 Å². The first-order valence-corrected chi connectivity index (χ1v) is 5.26. The molecule has 0 saturated heterocycles. The maximum Gasteiger partial charge on any atom is 0.0665 e. The van der Waals surface area contributed by atoms with Gasteiger partial charge in [-0.3, -0.25) is 0 Å². The lowest BCUT2D eigenvalue weighted by molar-refractivity contribution is -0.0110. The van der Waals surface area contributed by atoms with Crippen LogP contribution in [0.4, 0.5) is 0 Å². The van der Waals surface area contributed by atoms with E-state index < -0.39 is 5.66 Å². The smallest absolute Gasteiger partial charge is 0.0665 e. The monoisotopic (exact) mass is 201 g/mol. The fourth-order valence-corrected chi connectivity index (χ4v) is 1.60. The number of rotatable bonds is 4. The van der Waals surface area contributed by atoms with Crippen molar-refractivity contribution in [1.29, 1.82) is 0 Å². The van der Waals surface area contributed by atoms with Crippen molar-refractivity contribution in [2.45, 2.75) is 47.2 Å². The zero-order valence-electron chi connectivity index (χ0n) is 10.5. The minimum Gasteiger partial charge on any atom is -0.330 e. The molecular formula is C11H27N3. The van der Waals surface area contributed by atoms with Gasteiger partial charge < -0.3 is 17.2 Å². The van der Waals surface area contributed by atoms with E-state index in [0.717, 1.165) is 0 Å². The molecule has 6 N–H and O–H groups in total. The molecule has 0 aromatic heterocycles. The van der Waals surface area contributed by atoms with Crippen LogP contribution in [-0.2, 0) is 0 Å². The SMILES string of the molecule is CC(CN)C(C)(C)C(C)(C)C(C)(N)N. The molecule has 86 valence electrons. The Morgan fingerprint density at radius 1 is 1.00 bits per heavy atom.